The van der Waals surface area contributed by atoms with Gasteiger partial charge in [0.15, 0.2) is 0 Å². The van der Waals surface area contributed by atoms with Crippen LogP contribution in [-0.2, 0) is 25.5 Å². The van der Waals surface area contributed by atoms with Crippen LogP contribution in [0.5, 0.6) is 11.5 Å². The normalized spacial score (nSPS) is 10.3. The van der Waals surface area contributed by atoms with Crippen molar-refractivity contribution in [3.8, 4) is 23.0 Å². The number of benzene rings is 5. The SMILES string of the molecule is CC(C)(C)c1n[n-]c(-c2ccccn2)n1.CO.CO.[Ir+3].[Na+].[O-][P@@](Oc1[c-]cccc1)c1ccccc1.[c-]1ccccc1OP(c1ccccc1)c1ccccc1. The molecule has 0 bridgehead atoms. The summed E-state index contributed by atoms with van der Waals surface area (Å²) in [5, 5.41) is 25.2. The number of rotatable bonds is 8. The largest absolute Gasteiger partial charge is 3.00 e. The third-order valence-electron chi connectivity index (χ3n) is 6.70. The van der Waals surface area contributed by atoms with Crippen molar-refractivity contribution in [1.82, 2.24) is 20.2 Å². The van der Waals surface area contributed by atoms with Crippen molar-refractivity contribution >= 4 is 32.4 Å². The van der Waals surface area contributed by atoms with Gasteiger partial charge in [0, 0.05) is 62.1 Å². The first-order chi connectivity index (χ1) is 26.4. The number of aromatic nitrogens is 4. The minimum absolute atomic E-state index is 0. The second kappa shape index (κ2) is 28.7. The molecule has 9 nitrogen and oxygen atoms in total. The number of pyridine rings is 1. The van der Waals surface area contributed by atoms with E-state index in [0.29, 0.717) is 16.9 Å². The Kier molecular flexibility index (Phi) is 25.9. The van der Waals surface area contributed by atoms with E-state index in [1.54, 1.807) is 30.5 Å². The number of aliphatic hydroxyl groups excluding tert-OH is 2. The Morgan fingerprint density at radius 1 is 0.607 bits per heavy atom. The Balaban J connectivity index is 0.000000400. The number of hydrogen-bond acceptors (Lipinski definition) is 8. The monoisotopic (exact) mass is 974 g/mol. The van der Waals surface area contributed by atoms with Crippen molar-refractivity contribution in [3.63, 3.8) is 0 Å². The van der Waals surface area contributed by atoms with Crippen LogP contribution in [0.1, 0.15) is 26.6 Å². The van der Waals surface area contributed by atoms with Crippen molar-refractivity contribution in [3.05, 3.63) is 182 Å². The molecule has 0 amide bonds. The molecule has 7 rings (SSSR count). The fraction of sp³-hybridized carbons (Fsp3) is 0.140. The second-order valence-electron chi connectivity index (χ2n) is 11.6. The Labute approximate surface area is 369 Å². The fourth-order valence-corrected chi connectivity index (χ4v) is 6.72. The van der Waals surface area contributed by atoms with E-state index in [0.717, 1.165) is 31.5 Å². The molecule has 2 aromatic heterocycles. The number of aliphatic hydroxyl groups is 2. The van der Waals surface area contributed by atoms with Crippen LogP contribution in [0.25, 0.3) is 11.5 Å². The zero-order valence-corrected chi connectivity index (χ0v) is 38.4. The smallest absolute Gasteiger partial charge is 0.795 e. The first-order valence-corrected chi connectivity index (χ1v) is 19.2. The van der Waals surface area contributed by atoms with Crippen molar-refractivity contribution in [2.24, 2.45) is 0 Å². The topological polar surface area (TPSA) is 135 Å². The summed E-state index contributed by atoms with van der Waals surface area (Å²) in [5.74, 6) is 2.64. The Morgan fingerprint density at radius 2 is 1.05 bits per heavy atom. The molecule has 0 aliphatic heterocycles. The predicted molar refractivity (Wildman–Crippen MR) is 217 cm³/mol. The molecule has 286 valence electrons. The summed E-state index contributed by atoms with van der Waals surface area (Å²) >= 11 is 0. The van der Waals surface area contributed by atoms with Gasteiger partial charge in [-0.25, -0.2) is 0 Å². The quantitative estimate of drug-likeness (QED) is 0.133. The molecule has 56 heavy (non-hydrogen) atoms. The average Bonchev–Trinajstić information content (AvgIpc) is 3.76. The predicted octanol–water partition coefficient (Wildman–Crippen LogP) is 3.79. The van der Waals surface area contributed by atoms with Crippen molar-refractivity contribution in [2.45, 2.75) is 26.2 Å². The van der Waals surface area contributed by atoms with Gasteiger partial charge in [-0.3, -0.25) is 10.1 Å². The van der Waals surface area contributed by atoms with Gasteiger partial charge >= 0.3 is 49.7 Å². The molecule has 0 unspecified atom stereocenters. The van der Waals surface area contributed by atoms with Crippen molar-refractivity contribution in [1.29, 1.82) is 0 Å². The van der Waals surface area contributed by atoms with Gasteiger partial charge in [0.05, 0.1) is 5.69 Å². The van der Waals surface area contributed by atoms with Crippen LogP contribution in [0, 0.1) is 12.1 Å². The van der Waals surface area contributed by atoms with E-state index in [9.17, 15) is 4.89 Å². The number of nitrogens with zero attached hydrogens (tertiary/aromatic N) is 4. The van der Waals surface area contributed by atoms with E-state index in [1.165, 1.54) is 10.6 Å². The van der Waals surface area contributed by atoms with Crippen LogP contribution in [0.3, 0.4) is 0 Å². The molecular weight excluding hydrogens is 930 g/mol. The molecule has 0 spiro atoms. The summed E-state index contributed by atoms with van der Waals surface area (Å²) in [7, 11) is -0.692. The molecule has 0 saturated heterocycles. The molecule has 2 N–H and O–H groups in total. The third kappa shape index (κ3) is 17.7. The van der Waals surface area contributed by atoms with Gasteiger partial charge in [0.25, 0.3) is 0 Å². The Morgan fingerprint density at radius 3 is 1.46 bits per heavy atom. The van der Waals surface area contributed by atoms with Gasteiger partial charge in [0.1, 0.15) is 8.15 Å². The zero-order chi connectivity index (χ0) is 39.0. The minimum Gasteiger partial charge on any atom is -0.795 e. The molecule has 0 aliphatic rings. The molecule has 0 radical (unpaired) electrons. The van der Waals surface area contributed by atoms with Gasteiger partial charge in [0.2, 0.25) is 0 Å². The molecule has 7 aromatic rings. The van der Waals surface area contributed by atoms with Crippen molar-refractivity contribution in [2.75, 3.05) is 14.2 Å². The molecule has 5 aromatic carbocycles. The third-order valence-corrected chi connectivity index (χ3v) is 9.69. The standard InChI is InChI=1S/C18H14OP.C12H9O2P.C11H13N4.2CH4O.Ir.Na/c1-4-10-16(11-5-1)19-20(17-12-6-2-7-13-17)18-14-8-3-9-15-18;13-15(12-9-5-2-6-10-12)14-11-7-3-1-4-8-11;1-11(2,3)10-13-9(14-15-10)8-6-4-5-7-12-8;2*1-2;;/h1-10,12-15H;1-7,9-10H;4-7H,1-3H3;2*2H,1H3;;/q-1;-2;-1;;;+3;+1/t;15-;;;;;/m.0...../s1. The van der Waals surface area contributed by atoms with E-state index >= 15 is 0 Å². The summed E-state index contributed by atoms with van der Waals surface area (Å²) in [6.45, 7) is 6.19. The molecule has 0 aliphatic carbocycles. The molecular formula is C43H44IrN4NaO5P2. The van der Waals surface area contributed by atoms with E-state index in [-0.39, 0.29) is 55.1 Å². The molecule has 0 fully saturated rings. The van der Waals surface area contributed by atoms with Gasteiger partial charge in [-0.15, -0.1) is 24.3 Å². The van der Waals surface area contributed by atoms with Gasteiger partial charge < -0.3 is 34.2 Å². The van der Waals surface area contributed by atoms with Crippen LogP contribution >= 0.6 is 16.5 Å². The number of para-hydroxylation sites is 2. The van der Waals surface area contributed by atoms with Gasteiger partial charge in [-0.05, 0) is 23.3 Å². The van der Waals surface area contributed by atoms with E-state index in [2.05, 4.69) is 77.3 Å². The maximum atomic E-state index is 11.7. The Bertz CT molecular complexity index is 1930. The Hall–Kier alpha value is -3.62. The first kappa shape index (κ1) is 50.4. The summed E-state index contributed by atoms with van der Waals surface area (Å²) in [6, 6.07) is 56.3. The van der Waals surface area contributed by atoms with Crippen LogP contribution in [0.4, 0.5) is 0 Å². The molecule has 0 saturated carbocycles. The van der Waals surface area contributed by atoms with Crippen LogP contribution < -0.4 is 64.5 Å². The average molecular weight is 974 g/mol. The number of hydrogen-bond donors (Lipinski definition) is 2. The maximum Gasteiger partial charge on any atom is 3.00 e. The molecule has 2 heterocycles. The summed E-state index contributed by atoms with van der Waals surface area (Å²) in [4.78, 5) is 20.3. The zero-order valence-electron chi connectivity index (χ0n) is 32.2. The summed E-state index contributed by atoms with van der Waals surface area (Å²) in [5.41, 5.74) is 0.695. The first-order valence-electron chi connectivity index (χ1n) is 16.8. The summed E-state index contributed by atoms with van der Waals surface area (Å²) < 4.78 is 11.4. The van der Waals surface area contributed by atoms with Gasteiger partial charge in [-0.2, -0.15) is 36.4 Å². The van der Waals surface area contributed by atoms with Gasteiger partial charge in [-0.1, -0.05) is 118 Å². The maximum absolute atomic E-state index is 11.7. The van der Waals surface area contributed by atoms with Crippen molar-refractivity contribution < 1.29 is 73.8 Å². The van der Waals surface area contributed by atoms with Crippen LogP contribution in [-0.4, -0.2) is 39.5 Å². The van der Waals surface area contributed by atoms with Crippen LogP contribution in [0.2, 0.25) is 0 Å². The van der Waals surface area contributed by atoms with E-state index in [4.69, 9.17) is 19.3 Å². The molecule has 1 atom stereocenters. The molecule has 13 heteroatoms. The van der Waals surface area contributed by atoms with E-state index in [1.807, 2.05) is 109 Å². The van der Waals surface area contributed by atoms with Crippen LogP contribution in [0.15, 0.2) is 164 Å². The minimum atomic E-state index is -1.83. The summed E-state index contributed by atoms with van der Waals surface area (Å²) in [6.07, 6.45) is 1.72. The van der Waals surface area contributed by atoms with E-state index < -0.39 is 16.5 Å². The fourth-order valence-electron chi connectivity index (χ4n) is 4.20. The second-order valence-corrected chi connectivity index (χ2v) is 14.6.